The number of nitrogens with one attached hydrogen (secondary N) is 1. The fraction of sp³-hybridized carbons (Fsp3) is 0.0714. The number of hydrogen-bond acceptors (Lipinski definition) is 2. The summed E-state index contributed by atoms with van der Waals surface area (Å²) in [5.41, 5.74) is -1.22. The molecule has 0 fully saturated rings. The summed E-state index contributed by atoms with van der Waals surface area (Å²) in [6, 6.07) is 6.50. The lowest BCUT2D eigenvalue weighted by Crippen LogP contribution is -2.13. The molecule has 3 nitrogen and oxygen atoms in total. The van der Waals surface area contributed by atoms with Crippen LogP contribution in [-0.2, 0) is 6.18 Å². The van der Waals surface area contributed by atoms with Crippen molar-refractivity contribution in [1.29, 1.82) is 0 Å². The summed E-state index contributed by atoms with van der Waals surface area (Å²) in [5, 5.41) is 11.9. The van der Waals surface area contributed by atoms with Gasteiger partial charge in [0.2, 0.25) is 0 Å². The van der Waals surface area contributed by atoms with Crippen LogP contribution in [0.5, 0.6) is 5.75 Å². The molecule has 0 saturated heterocycles. The number of hydrogen-bond donors (Lipinski definition) is 2. The highest BCUT2D eigenvalue weighted by atomic mass is 35.5. The Kier molecular flexibility index (Phi) is 4.53. The number of benzene rings is 2. The van der Waals surface area contributed by atoms with E-state index in [4.69, 9.17) is 23.2 Å². The Hall–Kier alpha value is -1.92. The monoisotopic (exact) mass is 349 g/mol. The van der Waals surface area contributed by atoms with Crippen LogP contribution in [0, 0.1) is 0 Å². The van der Waals surface area contributed by atoms with Gasteiger partial charge in [0.05, 0.1) is 16.1 Å². The maximum atomic E-state index is 12.6. The van der Waals surface area contributed by atoms with Gasteiger partial charge in [-0.2, -0.15) is 13.2 Å². The first-order valence-electron chi connectivity index (χ1n) is 5.85. The van der Waals surface area contributed by atoms with Crippen molar-refractivity contribution in [2.45, 2.75) is 6.18 Å². The van der Waals surface area contributed by atoms with E-state index < -0.39 is 23.4 Å². The molecule has 0 saturated carbocycles. The predicted octanol–water partition coefficient (Wildman–Crippen LogP) is 4.97. The van der Waals surface area contributed by atoms with E-state index in [1.165, 1.54) is 12.1 Å². The van der Waals surface area contributed by atoms with Crippen LogP contribution in [0.3, 0.4) is 0 Å². The normalized spacial score (nSPS) is 11.3. The second-order valence-corrected chi connectivity index (χ2v) is 5.16. The largest absolute Gasteiger partial charge is 0.506 e. The van der Waals surface area contributed by atoms with E-state index >= 15 is 0 Å². The molecule has 2 aromatic rings. The molecule has 0 aliphatic rings. The Morgan fingerprint density at radius 1 is 1.14 bits per heavy atom. The highest BCUT2D eigenvalue weighted by Gasteiger charge is 2.30. The standard InChI is InChI=1S/C14H8Cl2F3NO2/c15-8-5-10(12(21)11(16)6-8)13(22)20-9-3-1-2-7(4-9)14(17,18)19/h1-6,21H,(H,20,22). The van der Waals surface area contributed by atoms with Crippen molar-refractivity contribution in [3.8, 4) is 5.75 Å². The van der Waals surface area contributed by atoms with Gasteiger partial charge >= 0.3 is 6.18 Å². The molecule has 0 aliphatic carbocycles. The van der Waals surface area contributed by atoms with Crippen molar-refractivity contribution in [1.82, 2.24) is 0 Å². The van der Waals surface area contributed by atoms with Crippen LogP contribution < -0.4 is 5.32 Å². The van der Waals surface area contributed by atoms with Gasteiger partial charge in [0.1, 0.15) is 5.75 Å². The van der Waals surface area contributed by atoms with Gasteiger partial charge in [0.25, 0.3) is 5.91 Å². The van der Waals surface area contributed by atoms with Crippen LogP contribution in [0.15, 0.2) is 36.4 Å². The van der Waals surface area contributed by atoms with Gasteiger partial charge in [0.15, 0.2) is 0 Å². The smallest absolute Gasteiger partial charge is 0.416 e. The summed E-state index contributed by atoms with van der Waals surface area (Å²) >= 11 is 11.4. The third kappa shape index (κ3) is 3.64. The van der Waals surface area contributed by atoms with E-state index in [1.54, 1.807) is 0 Å². The van der Waals surface area contributed by atoms with E-state index in [2.05, 4.69) is 5.32 Å². The molecule has 2 rings (SSSR count). The molecule has 0 spiro atoms. The van der Waals surface area contributed by atoms with Crippen LogP contribution in [-0.4, -0.2) is 11.0 Å². The van der Waals surface area contributed by atoms with Crippen LogP contribution >= 0.6 is 23.2 Å². The number of anilines is 1. The first-order chi connectivity index (χ1) is 10.2. The highest BCUT2D eigenvalue weighted by molar-refractivity contribution is 6.36. The van der Waals surface area contributed by atoms with Crippen molar-refractivity contribution in [3.63, 3.8) is 0 Å². The molecule has 2 N–H and O–H groups in total. The van der Waals surface area contributed by atoms with Gasteiger partial charge in [0, 0.05) is 10.7 Å². The number of carbonyl (C=O) groups is 1. The molecule has 0 aromatic heterocycles. The van der Waals surface area contributed by atoms with Gasteiger partial charge in [-0.3, -0.25) is 4.79 Å². The zero-order chi connectivity index (χ0) is 16.5. The maximum Gasteiger partial charge on any atom is 0.416 e. The van der Waals surface area contributed by atoms with E-state index in [9.17, 15) is 23.1 Å². The van der Waals surface area contributed by atoms with Crippen molar-refractivity contribution < 1.29 is 23.1 Å². The highest BCUT2D eigenvalue weighted by Crippen LogP contribution is 2.33. The number of halogens is 5. The number of amides is 1. The number of alkyl halides is 3. The molecule has 0 unspecified atom stereocenters. The summed E-state index contributed by atoms with van der Waals surface area (Å²) in [7, 11) is 0. The average Bonchev–Trinajstić information content (AvgIpc) is 2.42. The molecule has 0 aliphatic heterocycles. The molecule has 116 valence electrons. The minimum atomic E-state index is -4.53. The van der Waals surface area contributed by atoms with E-state index in [0.29, 0.717) is 0 Å². The van der Waals surface area contributed by atoms with Gasteiger partial charge < -0.3 is 10.4 Å². The molecular formula is C14H8Cl2F3NO2. The van der Waals surface area contributed by atoms with Crippen molar-refractivity contribution in [3.05, 3.63) is 57.6 Å². The SMILES string of the molecule is O=C(Nc1cccc(C(F)(F)F)c1)c1cc(Cl)cc(Cl)c1O. The Labute approximate surface area is 133 Å². The molecule has 0 radical (unpaired) electrons. The van der Waals surface area contributed by atoms with Gasteiger partial charge in [-0.25, -0.2) is 0 Å². The molecule has 0 atom stereocenters. The minimum Gasteiger partial charge on any atom is -0.506 e. The second-order valence-electron chi connectivity index (χ2n) is 4.32. The lowest BCUT2D eigenvalue weighted by atomic mass is 10.1. The summed E-state index contributed by atoms with van der Waals surface area (Å²) in [4.78, 5) is 12.0. The lowest BCUT2D eigenvalue weighted by Gasteiger charge is -2.11. The van der Waals surface area contributed by atoms with Gasteiger partial charge in [-0.15, -0.1) is 0 Å². The van der Waals surface area contributed by atoms with Gasteiger partial charge in [-0.1, -0.05) is 29.3 Å². The van der Waals surface area contributed by atoms with E-state index in [1.807, 2.05) is 0 Å². The van der Waals surface area contributed by atoms with E-state index in [-0.39, 0.29) is 21.3 Å². The molecule has 1 amide bonds. The van der Waals surface area contributed by atoms with Crippen molar-refractivity contribution >= 4 is 34.8 Å². The molecular weight excluding hydrogens is 342 g/mol. The Morgan fingerprint density at radius 2 is 1.82 bits per heavy atom. The summed E-state index contributed by atoms with van der Waals surface area (Å²) < 4.78 is 37.8. The summed E-state index contributed by atoms with van der Waals surface area (Å²) in [6.07, 6.45) is -4.53. The van der Waals surface area contributed by atoms with E-state index in [0.717, 1.165) is 24.3 Å². The zero-order valence-electron chi connectivity index (χ0n) is 10.7. The summed E-state index contributed by atoms with van der Waals surface area (Å²) in [6.45, 7) is 0. The molecule has 22 heavy (non-hydrogen) atoms. The molecule has 8 heteroatoms. The fourth-order valence-corrected chi connectivity index (χ4v) is 2.20. The lowest BCUT2D eigenvalue weighted by molar-refractivity contribution is -0.137. The fourth-order valence-electron chi connectivity index (χ4n) is 1.71. The number of phenolic OH excluding ortho intramolecular Hbond substituents is 1. The molecule has 0 bridgehead atoms. The van der Waals surface area contributed by atoms with Crippen LogP contribution in [0.4, 0.5) is 18.9 Å². The number of aromatic hydroxyl groups is 1. The first kappa shape index (κ1) is 16.5. The maximum absolute atomic E-state index is 12.6. The molecule has 2 aromatic carbocycles. The number of rotatable bonds is 2. The predicted molar refractivity (Wildman–Crippen MR) is 77.5 cm³/mol. The average molecular weight is 350 g/mol. The Morgan fingerprint density at radius 3 is 2.45 bits per heavy atom. The third-order valence-corrected chi connectivity index (χ3v) is 3.23. The van der Waals surface area contributed by atoms with Gasteiger partial charge in [-0.05, 0) is 30.3 Å². The quantitative estimate of drug-likeness (QED) is 0.803. The van der Waals surface area contributed by atoms with Crippen LogP contribution in [0.1, 0.15) is 15.9 Å². The Balaban J connectivity index is 2.30. The van der Waals surface area contributed by atoms with Crippen LogP contribution in [0.2, 0.25) is 10.0 Å². The second kappa shape index (κ2) is 6.06. The first-order valence-corrected chi connectivity index (χ1v) is 6.60. The number of phenols is 1. The minimum absolute atomic E-state index is 0.0738. The third-order valence-electron chi connectivity index (χ3n) is 2.72. The molecule has 0 heterocycles. The van der Waals surface area contributed by atoms with Crippen molar-refractivity contribution in [2.24, 2.45) is 0 Å². The van der Waals surface area contributed by atoms with Crippen molar-refractivity contribution in [2.75, 3.05) is 5.32 Å². The topological polar surface area (TPSA) is 49.3 Å². The van der Waals surface area contributed by atoms with Crippen LogP contribution in [0.25, 0.3) is 0 Å². The zero-order valence-corrected chi connectivity index (χ0v) is 12.2. The summed E-state index contributed by atoms with van der Waals surface area (Å²) in [5.74, 6) is -1.34. The Bertz CT molecular complexity index is 733. The number of carbonyl (C=O) groups excluding carboxylic acids is 1.